The van der Waals surface area contributed by atoms with Gasteiger partial charge in [-0.25, -0.2) is 4.39 Å². The van der Waals surface area contributed by atoms with Crippen molar-refractivity contribution in [3.63, 3.8) is 0 Å². The molecule has 2 unspecified atom stereocenters. The van der Waals surface area contributed by atoms with E-state index in [1.54, 1.807) is 6.07 Å². The van der Waals surface area contributed by atoms with Crippen molar-refractivity contribution in [3.05, 3.63) is 65.0 Å². The fourth-order valence-electron chi connectivity index (χ4n) is 3.71. The van der Waals surface area contributed by atoms with E-state index >= 15 is 0 Å². The Hall–Kier alpha value is -1.91. The van der Waals surface area contributed by atoms with Crippen LogP contribution in [0.5, 0.6) is 0 Å². The molecule has 2 heterocycles. The summed E-state index contributed by atoms with van der Waals surface area (Å²) >= 11 is 0. The lowest BCUT2D eigenvalue weighted by atomic mass is 9.82. The molecule has 0 saturated carbocycles. The van der Waals surface area contributed by atoms with Gasteiger partial charge in [0.2, 0.25) is 0 Å². The standard InChI is InChI=1S/C21H24FNO2/c1-21(2,3)13-8-9-17-15(12-13)19-20(25-11-10-24-19)18(23-17)14-6-4-5-7-16(14)22/h4-9,12,18-20,23H,10-11H2,1-3H3/t18-,19?,20?/m1/s1. The minimum absolute atomic E-state index is 0.0580. The molecule has 3 nitrogen and oxygen atoms in total. The molecule has 2 aliphatic heterocycles. The third-order valence-electron chi connectivity index (χ3n) is 5.09. The van der Waals surface area contributed by atoms with Gasteiger partial charge in [-0.3, -0.25) is 0 Å². The number of rotatable bonds is 1. The van der Waals surface area contributed by atoms with Crippen LogP contribution in [0.25, 0.3) is 0 Å². The van der Waals surface area contributed by atoms with Gasteiger partial charge in [0.05, 0.1) is 19.3 Å². The molecule has 2 aromatic rings. The third kappa shape index (κ3) is 2.94. The topological polar surface area (TPSA) is 30.5 Å². The minimum Gasteiger partial charge on any atom is -0.375 e. The molecule has 3 atom stereocenters. The number of halogens is 1. The average molecular weight is 341 g/mol. The highest BCUT2D eigenvalue weighted by Gasteiger charge is 2.42. The number of benzene rings is 2. The van der Waals surface area contributed by atoms with Crippen LogP contribution in [0.2, 0.25) is 0 Å². The van der Waals surface area contributed by atoms with Crippen LogP contribution < -0.4 is 5.32 Å². The highest BCUT2D eigenvalue weighted by atomic mass is 19.1. The molecule has 4 rings (SSSR count). The monoisotopic (exact) mass is 341 g/mol. The number of ether oxygens (including phenoxy) is 2. The molecule has 0 aromatic heterocycles. The van der Waals surface area contributed by atoms with Gasteiger partial charge < -0.3 is 14.8 Å². The Balaban J connectivity index is 1.79. The van der Waals surface area contributed by atoms with Crippen LogP contribution in [-0.2, 0) is 14.9 Å². The van der Waals surface area contributed by atoms with E-state index in [2.05, 4.69) is 44.3 Å². The van der Waals surface area contributed by atoms with Gasteiger partial charge in [0.25, 0.3) is 0 Å². The van der Waals surface area contributed by atoms with E-state index in [0.717, 1.165) is 11.3 Å². The van der Waals surface area contributed by atoms with Crippen LogP contribution in [0, 0.1) is 5.82 Å². The fraction of sp³-hybridized carbons (Fsp3) is 0.429. The SMILES string of the molecule is CC(C)(C)c1ccc2c(c1)C1OCCOC1[C@@H](c1ccccc1F)N2. The van der Waals surface area contributed by atoms with Gasteiger partial charge in [0, 0.05) is 16.8 Å². The summed E-state index contributed by atoms with van der Waals surface area (Å²) in [5, 5.41) is 3.49. The summed E-state index contributed by atoms with van der Waals surface area (Å²) in [5.41, 5.74) is 4.03. The van der Waals surface area contributed by atoms with Crippen LogP contribution in [0.15, 0.2) is 42.5 Å². The maximum Gasteiger partial charge on any atom is 0.128 e. The molecule has 0 aliphatic carbocycles. The largest absolute Gasteiger partial charge is 0.375 e. The maximum atomic E-state index is 14.4. The molecule has 0 radical (unpaired) electrons. The van der Waals surface area contributed by atoms with Crippen molar-refractivity contribution in [1.29, 1.82) is 0 Å². The number of fused-ring (bicyclic) bond motifs is 3. The van der Waals surface area contributed by atoms with E-state index in [1.807, 2.05) is 12.1 Å². The fourth-order valence-corrected chi connectivity index (χ4v) is 3.71. The van der Waals surface area contributed by atoms with E-state index in [4.69, 9.17) is 9.47 Å². The van der Waals surface area contributed by atoms with Crippen LogP contribution >= 0.6 is 0 Å². The molecule has 0 spiro atoms. The van der Waals surface area contributed by atoms with Gasteiger partial charge in [0.15, 0.2) is 0 Å². The van der Waals surface area contributed by atoms with Gasteiger partial charge in [-0.05, 0) is 23.1 Å². The van der Waals surface area contributed by atoms with Crippen molar-refractivity contribution in [3.8, 4) is 0 Å². The predicted octanol–water partition coefficient (Wildman–Crippen LogP) is 4.75. The highest BCUT2D eigenvalue weighted by molar-refractivity contribution is 5.59. The molecule has 1 fully saturated rings. The summed E-state index contributed by atoms with van der Waals surface area (Å²) in [5.74, 6) is -0.220. The molecular weight excluding hydrogens is 317 g/mol. The molecule has 0 amide bonds. The second-order valence-corrected chi connectivity index (χ2v) is 7.82. The Labute approximate surface area is 148 Å². The molecule has 1 N–H and O–H groups in total. The minimum atomic E-state index is -0.264. The summed E-state index contributed by atoms with van der Waals surface area (Å²) in [6.07, 6.45) is -0.426. The smallest absolute Gasteiger partial charge is 0.128 e. The lowest BCUT2D eigenvalue weighted by Crippen LogP contribution is -2.43. The first kappa shape index (κ1) is 16.6. The summed E-state index contributed by atoms with van der Waals surface area (Å²) in [4.78, 5) is 0. The Bertz CT molecular complexity index is 784. The van der Waals surface area contributed by atoms with E-state index in [1.165, 1.54) is 11.6 Å². The van der Waals surface area contributed by atoms with Gasteiger partial charge in [-0.1, -0.05) is 51.1 Å². The maximum absolute atomic E-state index is 14.4. The van der Waals surface area contributed by atoms with Crippen molar-refractivity contribution < 1.29 is 13.9 Å². The Morgan fingerprint density at radius 3 is 2.52 bits per heavy atom. The van der Waals surface area contributed by atoms with Gasteiger partial charge >= 0.3 is 0 Å². The van der Waals surface area contributed by atoms with Gasteiger partial charge in [-0.2, -0.15) is 0 Å². The Morgan fingerprint density at radius 2 is 1.76 bits per heavy atom. The molecule has 1 saturated heterocycles. The third-order valence-corrected chi connectivity index (χ3v) is 5.09. The second kappa shape index (κ2) is 6.11. The first-order valence-corrected chi connectivity index (χ1v) is 8.84. The van der Waals surface area contributed by atoms with Crippen molar-refractivity contribution >= 4 is 5.69 Å². The normalized spacial score (nSPS) is 25.7. The van der Waals surface area contributed by atoms with E-state index in [9.17, 15) is 4.39 Å². The first-order valence-electron chi connectivity index (χ1n) is 8.84. The summed E-state index contributed by atoms with van der Waals surface area (Å²) < 4.78 is 26.5. The molecule has 132 valence electrons. The van der Waals surface area contributed by atoms with E-state index in [0.29, 0.717) is 18.8 Å². The molecule has 0 bridgehead atoms. The van der Waals surface area contributed by atoms with Crippen LogP contribution in [0.1, 0.15) is 49.6 Å². The summed E-state index contributed by atoms with van der Waals surface area (Å²) in [7, 11) is 0. The second-order valence-electron chi connectivity index (χ2n) is 7.82. The Kier molecular flexibility index (Phi) is 4.05. The van der Waals surface area contributed by atoms with Crippen molar-refractivity contribution in [2.24, 2.45) is 0 Å². The summed E-state index contributed by atoms with van der Waals surface area (Å²) in [6.45, 7) is 7.68. The number of hydrogen-bond donors (Lipinski definition) is 1. The molecule has 25 heavy (non-hydrogen) atoms. The highest BCUT2D eigenvalue weighted by Crippen LogP contribution is 2.45. The van der Waals surface area contributed by atoms with Crippen molar-refractivity contribution in [2.45, 2.75) is 44.4 Å². The summed E-state index contributed by atoms with van der Waals surface area (Å²) in [6, 6.07) is 13.0. The zero-order valence-electron chi connectivity index (χ0n) is 14.9. The van der Waals surface area contributed by atoms with Crippen molar-refractivity contribution in [1.82, 2.24) is 0 Å². The molecule has 2 aliphatic rings. The molecule has 4 heteroatoms. The van der Waals surface area contributed by atoms with Gasteiger partial charge in [0.1, 0.15) is 18.0 Å². The average Bonchev–Trinajstić information content (AvgIpc) is 2.60. The van der Waals surface area contributed by atoms with Crippen LogP contribution in [-0.4, -0.2) is 19.3 Å². The Morgan fingerprint density at radius 1 is 1.00 bits per heavy atom. The van der Waals surface area contributed by atoms with Gasteiger partial charge in [-0.15, -0.1) is 0 Å². The lowest BCUT2D eigenvalue weighted by molar-refractivity contribution is -0.151. The number of hydrogen-bond acceptors (Lipinski definition) is 3. The lowest BCUT2D eigenvalue weighted by Gasteiger charge is -2.43. The molecule has 2 aromatic carbocycles. The van der Waals surface area contributed by atoms with Crippen LogP contribution in [0.3, 0.4) is 0 Å². The number of anilines is 1. The molecular formula is C21H24FNO2. The number of nitrogens with one attached hydrogen (secondary N) is 1. The van der Waals surface area contributed by atoms with Crippen LogP contribution in [0.4, 0.5) is 10.1 Å². The van der Waals surface area contributed by atoms with E-state index in [-0.39, 0.29) is 29.5 Å². The predicted molar refractivity (Wildman–Crippen MR) is 96.3 cm³/mol. The van der Waals surface area contributed by atoms with Crippen molar-refractivity contribution in [2.75, 3.05) is 18.5 Å². The quantitative estimate of drug-likeness (QED) is 0.812. The van der Waals surface area contributed by atoms with E-state index < -0.39 is 0 Å². The first-order chi connectivity index (χ1) is 11.9. The zero-order chi connectivity index (χ0) is 17.6. The zero-order valence-corrected chi connectivity index (χ0v) is 14.9.